The van der Waals surface area contributed by atoms with E-state index in [1.165, 1.54) is 0 Å². The molecule has 1 aliphatic heterocycles. The van der Waals surface area contributed by atoms with Crippen LogP contribution in [-0.4, -0.2) is 29.0 Å². The first-order chi connectivity index (χ1) is 12.4. The Kier molecular flexibility index (Phi) is 3.96. The molecule has 1 aromatic carbocycles. The van der Waals surface area contributed by atoms with E-state index in [4.69, 9.17) is 9.47 Å². The van der Waals surface area contributed by atoms with Gasteiger partial charge in [-0.05, 0) is 17.2 Å². The highest BCUT2D eigenvalue weighted by Gasteiger charge is 2.47. The smallest absolute Gasteiger partial charge is 0.347 e. The van der Waals surface area contributed by atoms with Crippen molar-refractivity contribution in [2.24, 2.45) is 0 Å². The molecule has 136 valence electrons. The molecule has 0 radical (unpaired) electrons. The Morgan fingerprint density at radius 1 is 1.12 bits per heavy atom. The average molecular weight is 364 g/mol. The molecule has 0 unspecified atom stereocenters. The molecular formula is C18H15F3N2O3. The summed E-state index contributed by atoms with van der Waals surface area (Å²) in [5.74, 6) is -1.16. The summed E-state index contributed by atoms with van der Waals surface area (Å²) in [7, 11) is 0. The number of halogens is 3. The maximum absolute atomic E-state index is 13.5. The van der Waals surface area contributed by atoms with Gasteiger partial charge < -0.3 is 14.5 Å². The quantitative estimate of drug-likeness (QED) is 0.845. The lowest BCUT2D eigenvalue weighted by atomic mass is 9.84. The molecule has 1 aromatic heterocycles. The molecule has 26 heavy (non-hydrogen) atoms. The highest BCUT2D eigenvalue weighted by atomic mass is 19.4. The number of hydrogen-bond acceptors (Lipinski definition) is 4. The van der Waals surface area contributed by atoms with Gasteiger partial charge in [0.15, 0.2) is 5.79 Å². The number of benzene rings is 1. The molecule has 2 aromatic rings. The van der Waals surface area contributed by atoms with Crippen LogP contribution in [0.25, 0.3) is 11.6 Å². The van der Waals surface area contributed by atoms with Gasteiger partial charge in [0.2, 0.25) is 0 Å². The van der Waals surface area contributed by atoms with Crippen molar-refractivity contribution in [3.63, 3.8) is 0 Å². The van der Waals surface area contributed by atoms with Crippen molar-refractivity contribution >= 4 is 11.6 Å². The molecule has 1 saturated heterocycles. The standard InChI is InChI=1S/C18H15F3N2O3/c19-18(20,21)15-13-10-17(25-6-7-26-17)9-12(14(13)22-16(24)23-15)8-11-4-2-1-3-5-11/h1-5,8H,6-7,9-10H2,(H,22,23,24)/b12-8+. The van der Waals surface area contributed by atoms with E-state index in [2.05, 4.69) is 4.98 Å². The molecule has 1 spiro atoms. The van der Waals surface area contributed by atoms with Gasteiger partial charge in [-0.25, -0.2) is 4.79 Å². The molecule has 0 amide bonds. The summed E-state index contributed by atoms with van der Waals surface area (Å²) in [5.41, 5.74) is -0.902. The average Bonchev–Trinajstić information content (AvgIpc) is 3.03. The Balaban J connectivity index is 1.93. The van der Waals surface area contributed by atoms with Crippen molar-refractivity contribution in [3.8, 4) is 0 Å². The first-order valence-corrected chi connectivity index (χ1v) is 8.11. The molecule has 0 atom stereocenters. The largest absolute Gasteiger partial charge is 0.431 e. The van der Waals surface area contributed by atoms with E-state index in [0.717, 1.165) is 5.56 Å². The van der Waals surface area contributed by atoms with Crippen molar-refractivity contribution in [1.29, 1.82) is 0 Å². The Morgan fingerprint density at radius 2 is 1.81 bits per heavy atom. The fourth-order valence-electron chi connectivity index (χ4n) is 3.45. The molecular weight excluding hydrogens is 349 g/mol. The lowest BCUT2D eigenvalue weighted by Gasteiger charge is -2.34. The minimum Gasteiger partial charge on any atom is -0.347 e. The SMILES string of the molecule is O=c1nc2c(c(C(F)(F)F)[nH]1)CC1(C/C2=C\c2ccccc2)OCCO1. The zero-order valence-electron chi connectivity index (χ0n) is 13.6. The molecule has 0 bridgehead atoms. The number of nitrogens with one attached hydrogen (secondary N) is 1. The van der Waals surface area contributed by atoms with E-state index >= 15 is 0 Å². The van der Waals surface area contributed by atoms with Gasteiger partial charge in [-0.3, -0.25) is 0 Å². The third kappa shape index (κ3) is 3.06. The van der Waals surface area contributed by atoms with Crippen LogP contribution in [0.4, 0.5) is 13.2 Å². The van der Waals surface area contributed by atoms with Crippen molar-refractivity contribution < 1.29 is 22.6 Å². The number of ether oxygens (including phenoxy) is 2. The van der Waals surface area contributed by atoms with Crippen molar-refractivity contribution in [1.82, 2.24) is 9.97 Å². The minimum absolute atomic E-state index is 0.0506. The zero-order valence-corrected chi connectivity index (χ0v) is 13.6. The van der Waals surface area contributed by atoms with Crippen molar-refractivity contribution in [2.75, 3.05) is 13.2 Å². The second-order valence-corrected chi connectivity index (χ2v) is 6.28. The molecule has 2 aliphatic rings. The topological polar surface area (TPSA) is 64.2 Å². The van der Waals surface area contributed by atoms with Crippen molar-refractivity contribution in [3.05, 3.63) is 63.3 Å². The summed E-state index contributed by atoms with van der Waals surface area (Å²) >= 11 is 0. The number of aromatic nitrogens is 2. The van der Waals surface area contributed by atoms with Gasteiger partial charge in [0.05, 0.1) is 18.9 Å². The van der Waals surface area contributed by atoms with E-state index in [-0.39, 0.29) is 24.1 Å². The van der Waals surface area contributed by atoms with Crippen LogP contribution in [0.3, 0.4) is 0 Å². The number of H-pyrrole nitrogens is 1. The van der Waals surface area contributed by atoms with Gasteiger partial charge in [-0.15, -0.1) is 0 Å². The van der Waals surface area contributed by atoms with Gasteiger partial charge >= 0.3 is 11.9 Å². The number of nitrogens with zero attached hydrogens (tertiary/aromatic N) is 1. The molecule has 8 heteroatoms. The molecule has 0 saturated carbocycles. The summed E-state index contributed by atoms with van der Waals surface area (Å²) in [6, 6.07) is 9.12. The van der Waals surface area contributed by atoms with Crippen LogP contribution in [0.2, 0.25) is 0 Å². The third-order valence-corrected chi connectivity index (χ3v) is 4.48. The van der Waals surface area contributed by atoms with Gasteiger partial charge in [0.25, 0.3) is 0 Å². The predicted molar refractivity (Wildman–Crippen MR) is 87.1 cm³/mol. The molecule has 1 fully saturated rings. The first-order valence-electron chi connectivity index (χ1n) is 8.11. The molecule has 1 N–H and O–H groups in total. The van der Waals surface area contributed by atoms with Crippen LogP contribution >= 0.6 is 0 Å². The highest BCUT2D eigenvalue weighted by Crippen LogP contribution is 2.44. The van der Waals surface area contributed by atoms with E-state index < -0.39 is 23.3 Å². The van der Waals surface area contributed by atoms with Gasteiger partial charge in [-0.1, -0.05) is 30.3 Å². The van der Waals surface area contributed by atoms with Crippen LogP contribution in [0.1, 0.15) is 28.9 Å². The van der Waals surface area contributed by atoms with Crippen molar-refractivity contribution in [2.45, 2.75) is 24.8 Å². The Labute approximate surface area is 146 Å². The second-order valence-electron chi connectivity index (χ2n) is 6.28. The highest BCUT2D eigenvalue weighted by molar-refractivity contribution is 5.83. The maximum Gasteiger partial charge on any atom is 0.431 e. The number of aromatic amines is 1. The van der Waals surface area contributed by atoms with Gasteiger partial charge in [0, 0.05) is 18.4 Å². The monoisotopic (exact) mass is 364 g/mol. The summed E-state index contributed by atoms with van der Waals surface area (Å²) < 4.78 is 51.8. The second kappa shape index (κ2) is 6.07. The van der Waals surface area contributed by atoms with E-state index in [1.54, 1.807) is 6.08 Å². The Morgan fingerprint density at radius 3 is 2.46 bits per heavy atom. The first kappa shape index (κ1) is 17.0. The van der Waals surface area contributed by atoms with Gasteiger partial charge in [-0.2, -0.15) is 18.2 Å². The van der Waals surface area contributed by atoms with Crippen LogP contribution in [0.5, 0.6) is 0 Å². The van der Waals surface area contributed by atoms with Crippen LogP contribution < -0.4 is 5.69 Å². The summed E-state index contributed by atoms with van der Waals surface area (Å²) in [6.45, 7) is 0.623. The van der Waals surface area contributed by atoms with E-state index in [0.29, 0.717) is 18.8 Å². The number of fused-ring (bicyclic) bond motifs is 1. The predicted octanol–water partition coefficient (Wildman–Crippen LogP) is 3.02. The van der Waals surface area contributed by atoms with E-state index in [1.807, 2.05) is 35.3 Å². The fourth-order valence-corrected chi connectivity index (χ4v) is 3.45. The molecule has 5 nitrogen and oxygen atoms in total. The third-order valence-electron chi connectivity index (χ3n) is 4.48. The molecule has 4 rings (SSSR count). The lowest BCUT2D eigenvalue weighted by Crippen LogP contribution is -2.39. The summed E-state index contributed by atoms with van der Waals surface area (Å²) in [5, 5.41) is 0. The number of hydrogen-bond donors (Lipinski definition) is 1. The number of alkyl halides is 3. The zero-order chi connectivity index (χ0) is 18.4. The van der Waals surface area contributed by atoms with Crippen LogP contribution in [-0.2, 0) is 22.1 Å². The molecule has 1 aliphatic carbocycles. The van der Waals surface area contributed by atoms with Gasteiger partial charge in [0.1, 0.15) is 5.69 Å². The maximum atomic E-state index is 13.5. The Hall–Kier alpha value is -2.45. The van der Waals surface area contributed by atoms with Crippen LogP contribution in [0, 0.1) is 0 Å². The fraction of sp³-hybridized carbons (Fsp3) is 0.333. The Bertz CT molecular complexity index is 914. The van der Waals surface area contributed by atoms with E-state index in [9.17, 15) is 18.0 Å². The normalized spacial score (nSPS) is 20.5. The number of rotatable bonds is 1. The summed E-state index contributed by atoms with van der Waals surface area (Å²) in [4.78, 5) is 17.4. The minimum atomic E-state index is -4.71. The lowest BCUT2D eigenvalue weighted by molar-refractivity contribution is -0.158. The molecule has 2 heterocycles. The van der Waals surface area contributed by atoms with Crippen LogP contribution in [0.15, 0.2) is 35.1 Å². The summed E-state index contributed by atoms with van der Waals surface area (Å²) in [6.07, 6.45) is -2.88.